The van der Waals surface area contributed by atoms with Gasteiger partial charge in [-0.05, 0) is 36.6 Å². The molecule has 4 rings (SSSR count). The van der Waals surface area contributed by atoms with Gasteiger partial charge in [-0.1, -0.05) is 12.1 Å². The summed E-state index contributed by atoms with van der Waals surface area (Å²) < 4.78 is 13.1. The summed E-state index contributed by atoms with van der Waals surface area (Å²) >= 11 is 0. The molecule has 2 aromatic rings. The number of halogens is 1. The van der Waals surface area contributed by atoms with Crippen LogP contribution in [-0.2, 0) is 10.2 Å². The zero-order valence-electron chi connectivity index (χ0n) is 12.6. The third-order valence-electron chi connectivity index (χ3n) is 4.66. The van der Waals surface area contributed by atoms with E-state index in [1.54, 1.807) is 18.3 Å². The molecule has 1 aromatic heterocycles. The molecule has 1 aromatic carbocycles. The lowest BCUT2D eigenvalue weighted by molar-refractivity contribution is -0.138. The predicted molar refractivity (Wildman–Crippen MR) is 83.3 cm³/mol. The van der Waals surface area contributed by atoms with Crippen LogP contribution < -0.4 is 5.32 Å². The minimum absolute atomic E-state index is 0.157. The van der Waals surface area contributed by atoms with Gasteiger partial charge in [-0.2, -0.15) is 0 Å². The first-order chi connectivity index (χ1) is 11.2. The number of benzene rings is 1. The highest BCUT2D eigenvalue weighted by Crippen LogP contribution is 2.50. The number of nitrogens with zero attached hydrogens (tertiary/aromatic N) is 3. The largest absolute Gasteiger partial charge is 0.364 e. The highest BCUT2D eigenvalue weighted by atomic mass is 19.1. The molecule has 118 valence electrons. The standard InChI is InChI=1S/C17H17FN4O/c18-13-3-1-12(2-4-13)17(6-7-17)16(23)22-9-14(10-22)21-15-5-8-19-11-20-15/h1-5,8,11,14H,6-7,9-10H2,(H,19,20,21). The van der Waals surface area contributed by atoms with Crippen LogP contribution in [0.5, 0.6) is 0 Å². The Bertz CT molecular complexity index is 709. The molecule has 0 radical (unpaired) electrons. The number of carbonyl (C=O) groups excluding carboxylic acids is 1. The summed E-state index contributed by atoms with van der Waals surface area (Å²) in [5, 5.41) is 3.29. The minimum Gasteiger partial charge on any atom is -0.364 e. The van der Waals surface area contributed by atoms with Crippen molar-refractivity contribution in [1.29, 1.82) is 0 Å². The molecule has 1 N–H and O–H groups in total. The molecule has 1 saturated heterocycles. The lowest BCUT2D eigenvalue weighted by Gasteiger charge is -2.41. The summed E-state index contributed by atoms with van der Waals surface area (Å²) in [5.41, 5.74) is 0.504. The second kappa shape index (κ2) is 5.30. The van der Waals surface area contributed by atoms with Crippen LogP contribution in [0.2, 0.25) is 0 Å². The Balaban J connectivity index is 1.39. The van der Waals surface area contributed by atoms with Crippen molar-refractivity contribution in [2.45, 2.75) is 24.3 Å². The number of carbonyl (C=O) groups is 1. The third kappa shape index (κ3) is 2.54. The summed E-state index contributed by atoms with van der Waals surface area (Å²) in [6.07, 6.45) is 4.87. The van der Waals surface area contributed by atoms with Crippen LogP contribution in [0, 0.1) is 5.82 Å². The highest BCUT2D eigenvalue weighted by molar-refractivity contribution is 5.92. The Labute approximate surface area is 133 Å². The zero-order valence-corrected chi connectivity index (χ0v) is 12.6. The Hall–Kier alpha value is -2.50. The van der Waals surface area contributed by atoms with E-state index in [4.69, 9.17) is 0 Å². The van der Waals surface area contributed by atoms with Gasteiger partial charge in [0, 0.05) is 19.3 Å². The van der Waals surface area contributed by atoms with Gasteiger partial charge in [0.2, 0.25) is 5.91 Å². The van der Waals surface area contributed by atoms with Crippen molar-refractivity contribution >= 4 is 11.7 Å². The molecule has 1 saturated carbocycles. The number of aromatic nitrogens is 2. The minimum atomic E-state index is -0.423. The smallest absolute Gasteiger partial charge is 0.233 e. The molecular weight excluding hydrogens is 295 g/mol. The molecule has 1 amide bonds. The van der Waals surface area contributed by atoms with Crippen molar-refractivity contribution in [3.05, 3.63) is 54.2 Å². The molecule has 1 aliphatic carbocycles. The number of hydrogen-bond donors (Lipinski definition) is 1. The summed E-state index contributed by atoms with van der Waals surface area (Å²) in [6, 6.07) is 8.35. The van der Waals surface area contributed by atoms with Gasteiger partial charge in [-0.25, -0.2) is 14.4 Å². The number of likely N-dealkylation sites (tertiary alicyclic amines) is 1. The highest BCUT2D eigenvalue weighted by Gasteiger charge is 2.54. The Morgan fingerprint density at radius 1 is 1.22 bits per heavy atom. The van der Waals surface area contributed by atoms with E-state index in [0.717, 1.165) is 24.2 Å². The quantitative estimate of drug-likeness (QED) is 0.938. The molecule has 0 atom stereocenters. The van der Waals surface area contributed by atoms with E-state index in [9.17, 15) is 9.18 Å². The molecular formula is C17H17FN4O. The Kier molecular flexibility index (Phi) is 3.25. The maximum absolute atomic E-state index is 13.1. The predicted octanol–water partition coefficient (Wildman–Crippen LogP) is 1.97. The molecule has 23 heavy (non-hydrogen) atoms. The molecule has 1 aliphatic heterocycles. The van der Waals surface area contributed by atoms with Crippen molar-refractivity contribution in [3.63, 3.8) is 0 Å². The van der Waals surface area contributed by atoms with Gasteiger partial charge < -0.3 is 10.2 Å². The fourth-order valence-electron chi connectivity index (χ4n) is 3.14. The first-order valence-electron chi connectivity index (χ1n) is 7.75. The van der Waals surface area contributed by atoms with Crippen molar-refractivity contribution in [2.75, 3.05) is 18.4 Å². The summed E-state index contributed by atoms with van der Waals surface area (Å²) in [5.74, 6) is 0.664. The van der Waals surface area contributed by atoms with Crippen LogP contribution >= 0.6 is 0 Å². The van der Waals surface area contributed by atoms with Crippen molar-refractivity contribution in [2.24, 2.45) is 0 Å². The molecule has 0 spiro atoms. The van der Waals surface area contributed by atoms with Crippen LogP contribution in [-0.4, -0.2) is 39.9 Å². The van der Waals surface area contributed by atoms with Crippen LogP contribution in [0.4, 0.5) is 10.2 Å². The van der Waals surface area contributed by atoms with Gasteiger partial charge in [0.25, 0.3) is 0 Å². The van der Waals surface area contributed by atoms with E-state index in [1.807, 2.05) is 11.0 Å². The van der Waals surface area contributed by atoms with E-state index in [0.29, 0.717) is 13.1 Å². The van der Waals surface area contributed by atoms with E-state index < -0.39 is 5.41 Å². The van der Waals surface area contributed by atoms with Crippen molar-refractivity contribution in [3.8, 4) is 0 Å². The monoisotopic (exact) mass is 312 g/mol. The van der Waals surface area contributed by atoms with Crippen LogP contribution in [0.1, 0.15) is 18.4 Å². The number of rotatable bonds is 4. The second-order valence-electron chi connectivity index (χ2n) is 6.24. The third-order valence-corrected chi connectivity index (χ3v) is 4.66. The molecule has 2 fully saturated rings. The number of nitrogens with one attached hydrogen (secondary N) is 1. The summed E-state index contributed by atoms with van der Waals surface area (Å²) in [7, 11) is 0. The Morgan fingerprint density at radius 3 is 2.57 bits per heavy atom. The van der Waals surface area contributed by atoms with Gasteiger partial charge >= 0.3 is 0 Å². The van der Waals surface area contributed by atoms with Gasteiger partial charge in [-0.3, -0.25) is 4.79 Å². The Morgan fingerprint density at radius 2 is 1.96 bits per heavy atom. The van der Waals surface area contributed by atoms with Crippen LogP contribution in [0.25, 0.3) is 0 Å². The molecule has 6 heteroatoms. The lowest BCUT2D eigenvalue weighted by Crippen LogP contribution is -2.59. The average molecular weight is 312 g/mol. The normalized spacial score (nSPS) is 19.1. The average Bonchev–Trinajstić information content (AvgIpc) is 3.33. The van der Waals surface area contributed by atoms with Gasteiger partial charge in [0.15, 0.2) is 0 Å². The first-order valence-corrected chi connectivity index (χ1v) is 7.75. The maximum Gasteiger partial charge on any atom is 0.233 e. The maximum atomic E-state index is 13.1. The van der Waals surface area contributed by atoms with Gasteiger partial charge in [0.05, 0.1) is 11.5 Å². The molecule has 2 heterocycles. The molecule has 0 unspecified atom stereocenters. The van der Waals surface area contributed by atoms with Crippen molar-refractivity contribution < 1.29 is 9.18 Å². The molecule has 2 aliphatic rings. The lowest BCUT2D eigenvalue weighted by atomic mass is 9.92. The summed E-state index contributed by atoms with van der Waals surface area (Å²) in [6.45, 7) is 1.34. The van der Waals surface area contributed by atoms with E-state index in [2.05, 4.69) is 15.3 Å². The fourth-order valence-corrected chi connectivity index (χ4v) is 3.14. The first kappa shape index (κ1) is 14.1. The van der Waals surface area contributed by atoms with Gasteiger partial charge in [0.1, 0.15) is 18.0 Å². The van der Waals surface area contributed by atoms with E-state index in [1.165, 1.54) is 18.5 Å². The van der Waals surface area contributed by atoms with Gasteiger partial charge in [-0.15, -0.1) is 0 Å². The molecule has 5 nitrogen and oxygen atoms in total. The number of amides is 1. The van der Waals surface area contributed by atoms with E-state index in [-0.39, 0.29) is 17.8 Å². The van der Waals surface area contributed by atoms with Crippen LogP contribution in [0.15, 0.2) is 42.9 Å². The number of anilines is 1. The van der Waals surface area contributed by atoms with Crippen molar-refractivity contribution in [1.82, 2.24) is 14.9 Å². The zero-order chi connectivity index (χ0) is 15.9. The van der Waals surface area contributed by atoms with E-state index >= 15 is 0 Å². The summed E-state index contributed by atoms with van der Waals surface area (Å²) in [4.78, 5) is 22.6. The SMILES string of the molecule is O=C(N1CC(Nc2ccncn2)C1)C1(c2ccc(F)cc2)CC1. The fraction of sp³-hybridized carbons (Fsp3) is 0.353. The second-order valence-corrected chi connectivity index (χ2v) is 6.24. The molecule has 0 bridgehead atoms. The topological polar surface area (TPSA) is 58.1 Å². The number of hydrogen-bond acceptors (Lipinski definition) is 4. The van der Waals surface area contributed by atoms with Crippen LogP contribution in [0.3, 0.4) is 0 Å².